The maximum atomic E-state index is 6.18. The zero-order chi connectivity index (χ0) is 37.7. The van der Waals surface area contributed by atoms with E-state index in [4.69, 9.17) is 14.7 Å². The molecule has 8 bridgehead atoms. The van der Waals surface area contributed by atoms with Gasteiger partial charge in [0.15, 0.2) is 0 Å². The van der Waals surface area contributed by atoms with Crippen LogP contribution in [-0.4, -0.2) is 26.5 Å². The second-order valence-corrected chi connectivity index (χ2v) is 14.4. The van der Waals surface area contributed by atoms with Crippen molar-refractivity contribution in [2.45, 2.75) is 39.0 Å². The minimum absolute atomic E-state index is 0.728. The first kappa shape index (κ1) is 35.0. The van der Waals surface area contributed by atoms with Crippen molar-refractivity contribution < 1.29 is 4.74 Å². The van der Waals surface area contributed by atoms with E-state index in [2.05, 4.69) is 181 Å². The molecule has 5 nitrogen and oxygen atoms in total. The van der Waals surface area contributed by atoms with E-state index in [0.717, 1.165) is 108 Å². The van der Waals surface area contributed by atoms with Crippen LogP contribution >= 0.6 is 0 Å². The predicted octanol–water partition coefficient (Wildman–Crippen LogP) is 13.7. The van der Waals surface area contributed by atoms with Crippen molar-refractivity contribution in [3.05, 3.63) is 162 Å². The minimum atomic E-state index is 0.728. The number of aromatic nitrogens is 4. The van der Waals surface area contributed by atoms with Gasteiger partial charge < -0.3 is 14.7 Å². The molecule has 2 N–H and O–H groups in total. The Kier molecular flexibility index (Phi) is 9.97. The van der Waals surface area contributed by atoms with Gasteiger partial charge in [0.25, 0.3) is 0 Å². The average Bonchev–Trinajstić information content (AvgIpc) is 4.09. The Labute approximate surface area is 328 Å². The molecule has 4 aromatic carbocycles. The van der Waals surface area contributed by atoms with Crippen LogP contribution in [0.2, 0.25) is 0 Å². The highest BCUT2D eigenvalue weighted by atomic mass is 16.5. The third-order valence-corrected chi connectivity index (χ3v) is 10.6. The lowest BCUT2D eigenvalue weighted by atomic mass is 10.0. The van der Waals surface area contributed by atoms with Crippen molar-refractivity contribution in [1.29, 1.82) is 0 Å². The Balaban J connectivity index is 1.32. The molecule has 5 heteroatoms. The highest BCUT2D eigenvalue weighted by Crippen LogP contribution is 2.38. The Morgan fingerprint density at radius 1 is 0.393 bits per heavy atom. The Hall–Kier alpha value is -6.72. The van der Waals surface area contributed by atoms with E-state index in [1.165, 1.54) is 25.7 Å². The van der Waals surface area contributed by atoms with E-state index >= 15 is 0 Å². The summed E-state index contributed by atoms with van der Waals surface area (Å²) in [6, 6.07) is 48.7. The van der Waals surface area contributed by atoms with E-state index in [0.29, 0.717) is 0 Å². The molecule has 2 aliphatic rings. The van der Waals surface area contributed by atoms with Crippen LogP contribution in [0.15, 0.2) is 140 Å². The zero-order valence-corrected chi connectivity index (χ0v) is 31.6. The van der Waals surface area contributed by atoms with Gasteiger partial charge in [0, 0.05) is 44.3 Å². The molecule has 56 heavy (non-hydrogen) atoms. The van der Waals surface area contributed by atoms with Crippen molar-refractivity contribution in [3.63, 3.8) is 0 Å². The smallest absolute Gasteiger partial charge is 0.119 e. The normalized spacial score (nSPS) is 11.9. The van der Waals surface area contributed by atoms with Crippen molar-refractivity contribution in [2.75, 3.05) is 6.61 Å². The molecule has 0 fully saturated rings. The highest BCUT2D eigenvalue weighted by Gasteiger charge is 2.19. The molecular weight excluding hydrogens is 685 g/mol. The molecule has 0 amide bonds. The van der Waals surface area contributed by atoms with Crippen LogP contribution < -0.4 is 4.74 Å². The number of fused-ring (bicyclic) bond motifs is 8. The summed E-state index contributed by atoms with van der Waals surface area (Å²) in [6.45, 7) is 2.97. The summed E-state index contributed by atoms with van der Waals surface area (Å²) in [5.41, 5.74) is 16.0. The van der Waals surface area contributed by atoms with Gasteiger partial charge >= 0.3 is 0 Å². The van der Waals surface area contributed by atoms with Crippen LogP contribution in [0.4, 0.5) is 0 Å². The number of nitrogens with one attached hydrogen (secondary N) is 2. The number of hydrogen-bond acceptors (Lipinski definition) is 3. The minimum Gasteiger partial charge on any atom is -0.494 e. The first-order chi connectivity index (χ1) is 27.7. The van der Waals surface area contributed by atoms with E-state index < -0.39 is 0 Å². The molecule has 0 spiro atoms. The summed E-state index contributed by atoms with van der Waals surface area (Å²) >= 11 is 0. The lowest BCUT2D eigenvalue weighted by molar-refractivity contribution is 0.304. The van der Waals surface area contributed by atoms with Crippen LogP contribution in [0.3, 0.4) is 0 Å². The quantitative estimate of drug-likeness (QED) is 0.130. The zero-order valence-electron chi connectivity index (χ0n) is 31.6. The van der Waals surface area contributed by atoms with Gasteiger partial charge in [-0.1, -0.05) is 136 Å². The number of hydrogen-bond donors (Lipinski definition) is 2. The van der Waals surface area contributed by atoms with Crippen LogP contribution in [0.1, 0.15) is 61.8 Å². The number of unbranched alkanes of at least 4 members (excludes halogenated alkanes) is 4. The van der Waals surface area contributed by atoms with Gasteiger partial charge in [0.1, 0.15) is 5.75 Å². The Morgan fingerprint density at radius 3 is 1.12 bits per heavy atom. The molecule has 0 aliphatic carbocycles. The van der Waals surface area contributed by atoms with E-state index in [-0.39, 0.29) is 0 Å². The summed E-state index contributed by atoms with van der Waals surface area (Å²) in [5, 5.41) is 0. The molecular formula is C51H44N4O. The summed E-state index contributed by atoms with van der Waals surface area (Å²) in [6.07, 6.45) is 14.6. The van der Waals surface area contributed by atoms with E-state index in [1.54, 1.807) is 0 Å². The Morgan fingerprint density at radius 2 is 0.750 bits per heavy atom. The summed E-state index contributed by atoms with van der Waals surface area (Å²) < 4.78 is 6.18. The van der Waals surface area contributed by atoms with Gasteiger partial charge in [-0.2, -0.15) is 0 Å². The molecule has 274 valence electrons. The van der Waals surface area contributed by atoms with Crippen LogP contribution in [0.5, 0.6) is 5.75 Å². The van der Waals surface area contributed by atoms with Crippen LogP contribution in [-0.2, 0) is 0 Å². The number of H-pyrrole nitrogens is 2. The van der Waals surface area contributed by atoms with E-state index in [9.17, 15) is 0 Å². The summed E-state index contributed by atoms with van der Waals surface area (Å²) in [4.78, 5) is 18.5. The summed E-state index contributed by atoms with van der Waals surface area (Å²) in [7, 11) is 0. The fourth-order valence-corrected chi connectivity index (χ4v) is 7.85. The number of benzene rings is 4. The SMILES string of the molecule is CCCCCCCOc1ccc(-c2c3nc(c(-c4ccccc4)c4ccc([nH]4)c(-c4ccccc4)c4nc(c(-c5ccccc5)c5ccc2[nH]5)C=C4)C=C3)cc1. The highest BCUT2D eigenvalue weighted by molar-refractivity contribution is 5.99. The van der Waals surface area contributed by atoms with Crippen molar-refractivity contribution in [2.24, 2.45) is 0 Å². The molecule has 0 unspecified atom stereocenters. The molecule has 7 aromatic rings. The molecule has 5 heterocycles. The van der Waals surface area contributed by atoms with Gasteiger partial charge in [-0.05, 0) is 89.4 Å². The predicted molar refractivity (Wildman–Crippen MR) is 235 cm³/mol. The number of aromatic amines is 2. The molecule has 0 radical (unpaired) electrons. The first-order valence-electron chi connectivity index (χ1n) is 19.8. The van der Waals surface area contributed by atoms with Crippen molar-refractivity contribution in [3.8, 4) is 50.3 Å². The fraction of sp³-hybridized carbons (Fsp3) is 0.137. The second kappa shape index (κ2) is 15.9. The number of rotatable bonds is 11. The second-order valence-electron chi connectivity index (χ2n) is 14.4. The maximum Gasteiger partial charge on any atom is 0.119 e. The van der Waals surface area contributed by atoms with Gasteiger partial charge in [0.05, 0.1) is 29.4 Å². The number of nitrogens with zero attached hydrogens (tertiary/aromatic N) is 2. The van der Waals surface area contributed by atoms with Gasteiger partial charge in [-0.3, -0.25) is 0 Å². The molecule has 3 aromatic heterocycles. The monoisotopic (exact) mass is 728 g/mol. The molecule has 0 saturated heterocycles. The average molecular weight is 729 g/mol. The summed E-state index contributed by atoms with van der Waals surface area (Å²) in [5.74, 6) is 0.882. The van der Waals surface area contributed by atoms with Crippen molar-refractivity contribution in [1.82, 2.24) is 19.9 Å². The topological polar surface area (TPSA) is 66.6 Å². The van der Waals surface area contributed by atoms with Gasteiger partial charge in [-0.15, -0.1) is 0 Å². The van der Waals surface area contributed by atoms with Crippen LogP contribution in [0, 0.1) is 0 Å². The first-order valence-corrected chi connectivity index (χ1v) is 19.8. The van der Waals surface area contributed by atoms with Gasteiger partial charge in [-0.25, -0.2) is 9.97 Å². The third-order valence-electron chi connectivity index (χ3n) is 10.6. The molecule has 0 atom stereocenters. The number of ether oxygens (including phenoxy) is 1. The van der Waals surface area contributed by atoms with E-state index in [1.807, 2.05) is 0 Å². The lowest BCUT2D eigenvalue weighted by Crippen LogP contribution is -1.97. The standard InChI is InChI=1S/C51H44N4O/c1-2-3-4-5-15-34-56-39-24-22-38(23-25-39)51-46-32-30-44(54-46)49(36-18-11-7-12-19-36)42-28-26-40(52-42)48(35-16-9-6-10-17-35)41-27-29-43(53-41)50(37-20-13-8-14-21-37)45-31-33-47(51)55-45/h6-14,16-33,52,55H,2-5,15,34H2,1H3. The lowest BCUT2D eigenvalue weighted by Gasteiger charge is -2.09. The van der Waals surface area contributed by atoms with Gasteiger partial charge in [0.2, 0.25) is 0 Å². The fourth-order valence-electron chi connectivity index (χ4n) is 7.85. The molecule has 9 rings (SSSR count). The third kappa shape index (κ3) is 7.12. The van der Waals surface area contributed by atoms with Crippen molar-refractivity contribution >= 4 is 46.4 Å². The Bertz CT molecular complexity index is 2670. The largest absolute Gasteiger partial charge is 0.494 e. The molecule has 0 saturated carbocycles. The molecule has 2 aliphatic heterocycles. The van der Waals surface area contributed by atoms with Crippen LogP contribution in [0.25, 0.3) is 90.9 Å². The maximum absolute atomic E-state index is 6.18.